The number of sulfonamides is 2. The van der Waals surface area contributed by atoms with E-state index in [1.165, 1.54) is 36.4 Å². The number of nitrogens with zero attached hydrogens (tertiary/aromatic N) is 1. The molecule has 0 spiro atoms. The smallest absolute Gasteiger partial charge is 0.261 e. The van der Waals surface area contributed by atoms with Crippen molar-refractivity contribution < 1.29 is 26.0 Å². The molecule has 3 rings (SSSR count). The number of halogens is 2. The first-order valence-corrected chi connectivity index (χ1v) is 13.5. The zero-order valence-electron chi connectivity index (χ0n) is 18.1. The molecule has 3 aromatic rings. The molecule has 180 valence electrons. The number of hydrogen-bond acceptors (Lipinski definition) is 5. The summed E-state index contributed by atoms with van der Waals surface area (Å²) < 4.78 is 66.1. The molecule has 3 aromatic carbocycles. The number of carbonyl (C=O) groups is 1. The van der Waals surface area contributed by atoms with Gasteiger partial charge in [-0.25, -0.2) is 21.2 Å². The summed E-state index contributed by atoms with van der Waals surface area (Å²) in [5.74, 6) is -1.21. The SMILES string of the molecule is Cc1c(Cl)cccc1NS(=O)(=O)c1ccc(NC(=O)CN(c2ccc(F)cc2)S(C)(=O)=O)cc1. The molecule has 1 amide bonds. The highest BCUT2D eigenvalue weighted by atomic mass is 35.5. The van der Waals surface area contributed by atoms with Crippen LogP contribution < -0.4 is 14.3 Å². The van der Waals surface area contributed by atoms with Crippen LogP contribution in [-0.4, -0.2) is 35.5 Å². The number of carbonyl (C=O) groups excluding carboxylic acids is 1. The molecule has 0 saturated carbocycles. The summed E-state index contributed by atoms with van der Waals surface area (Å²) in [6.45, 7) is 1.13. The normalized spacial score (nSPS) is 11.6. The Labute approximate surface area is 202 Å². The fraction of sp³-hybridized carbons (Fsp3) is 0.136. The summed E-state index contributed by atoms with van der Waals surface area (Å²) in [6.07, 6.45) is 0.928. The Kier molecular flexibility index (Phi) is 7.49. The number of benzene rings is 3. The van der Waals surface area contributed by atoms with Crippen molar-refractivity contribution in [2.45, 2.75) is 11.8 Å². The summed E-state index contributed by atoms with van der Waals surface area (Å²) in [7, 11) is -7.74. The van der Waals surface area contributed by atoms with Gasteiger partial charge in [-0.3, -0.25) is 13.8 Å². The van der Waals surface area contributed by atoms with Gasteiger partial charge in [0, 0.05) is 10.7 Å². The highest BCUT2D eigenvalue weighted by Gasteiger charge is 2.21. The second kappa shape index (κ2) is 10.00. The van der Waals surface area contributed by atoms with Crippen molar-refractivity contribution in [3.63, 3.8) is 0 Å². The van der Waals surface area contributed by atoms with Crippen LogP contribution in [0.5, 0.6) is 0 Å². The molecule has 2 N–H and O–H groups in total. The molecule has 12 heteroatoms. The van der Waals surface area contributed by atoms with Crippen LogP contribution in [0.3, 0.4) is 0 Å². The first-order chi connectivity index (χ1) is 15.9. The van der Waals surface area contributed by atoms with E-state index in [4.69, 9.17) is 11.6 Å². The Morgan fingerprint density at radius 1 is 0.971 bits per heavy atom. The number of hydrogen-bond donors (Lipinski definition) is 2. The van der Waals surface area contributed by atoms with Crippen molar-refractivity contribution in [3.05, 3.63) is 83.1 Å². The number of rotatable bonds is 8. The van der Waals surface area contributed by atoms with Crippen LogP contribution in [0.25, 0.3) is 0 Å². The van der Waals surface area contributed by atoms with Crippen LogP contribution in [-0.2, 0) is 24.8 Å². The van der Waals surface area contributed by atoms with Crippen molar-refractivity contribution >= 4 is 54.6 Å². The minimum absolute atomic E-state index is 0.0473. The average Bonchev–Trinajstić information content (AvgIpc) is 2.75. The van der Waals surface area contributed by atoms with E-state index in [1.807, 2.05) is 0 Å². The summed E-state index contributed by atoms with van der Waals surface area (Å²) in [4.78, 5) is 12.4. The number of nitrogens with one attached hydrogen (secondary N) is 2. The van der Waals surface area contributed by atoms with Crippen molar-refractivity contribution in [3.8, 4) is 0 Å². The van der Waals surface area contributed by atoms with Crippen LogP contribution in [0, 0.1) is 12.7 Å². The number of anilines is 3. The zero-order chi connectivity index (χ0) is 25.1. The summed E-state index contributed by atoms with van der Waals surface area (Å²) in [6, 6.07) is 14.9. The summed E-state index contributed by atoms with van der Waals surface area (Å²) in [5, 5.41) is 2.94. The largest absolute Gasteiger partial charge is 0.325 e. The van der Waals surface area contributed by atoms with Gasteiger partial charge in [0.05, 0.1) is 22.5 Å². The van der Waals surface area contributed by atoms with E-state index >= 15 is 0 Å². The zero-order valence-corrected chi connectivity index (χ0v) is 20.5. The minimum atomic E-state index is -3.92. The Morgan fingerprint density at radius 3 is 2.18 bits per heavy atom. The quantitative estimate of drug-likeness (QED) is 0.461. The second-order valence-electron chi connectivity index (χ2n) is 7.34. The molecule has 0 unspecified atom stereocenters. The molecule has 0 aliphatic carbocycles. The fourth-order valence-corrected chi connectivity index (χ4v) is 5.13. The van der Waals surface area contributed by atoms with E-state index in [2.05, 4.69) is 10.0 Å². The van der Waals surface area contributed by atoms with E-state index < -0.39 is 38.3 Å². The van der Waals surface area contributed by atoms with Gasteiger partial charge in [-0.05, 0) is 73.2 Å². The Bertz CT molecular complexity index is 1410. The lowest BCUT2D eigenvalue weighted by Crippen LogP contribution is -2.37. The Morgan fingerprint density at radius 2 is 1.59 bits per heavy atom. The monoisotopic (exact) mass is 525 g/mol. The maximum absolute atomic E-state index is 13.2. The van der Waals surface area contributed by atoms with Gasteiger partial charge in [0.1, 0.15) is 12.4 Å². The lowest BCUT2D eigenvalue weighted by molar-refractivity contribution is -0.114. The molecular weight excluding hydrogens is 505 g/mol. The lowest BCUT2D eigenvalue weighted by atomic mass is 10.2. The molecule has 0 heterocycles. The van der Waals surface area contributed by atoms with Gasteiger partial charge in [0.15, 0.2) is 0 Å². The Hall–Kier alpha value is -3.15. The molecule has 8 nitrogen and oxygen atoms in total. The number of amides is 1. The van der Waals surface area contributed by atoms with Gasteiger partial charge in [-0.15, -0.1) is 0 Å². The van der Waals surface area contributed by atoms with Crippen molar-refractivity contribution in [1.29, 1.82) is 0 Å². The molecule has 0 aliphatic rings. The van der Waals surface area contributed by atoms with Crippen molar-refractivity contribution in [1.82, 2.24) is 0 Å². The van der Waals surface area contributed by atoms with Crippen LogP contribution in [0.2, 0.25) is 5.02 Å². The third kappa shape index (κ3) is 6.25. The molecule has 34 heavy (non-hydrogen) atoms. The van der Waals surface area contributed by atoms with E-state index in [-0.39, 0.29) is 16.3 Å². The highest BCUT2D eigenvalue weighted by molar-refractivity contribution is 7.92. The molecule has 0 aromatic heterocycles. The predicted molar refractivity (Wildman–Crippen MR) is 131 cm³/mol. The maximum atomic E-state index is 13.2. The third-order valence-corrected chi connectivity index (χ3v) is 7.69. The van der Waals surface area contributed by atoms with Crippen LogP contribution in [0.15, 0.2) is 71.6 Å². The van der Waals surface area contributed by atoms with E-state index in [0.29, 0.717) is 16.3 Å². The molecule has 0 aliphatic heterocycles. The van der Waals surface area contributed by atoms with Gasteiger partial charge in [0.2, 0.25) is 15.9 Å². The van der Waals surface area contributed by atoms with Crippen LogP contribution in [0.4, 0.5) is 21.5 Å². The fourth-order valence-electron chi connectivity index (χ4n) is 2.98. The summed E-state index contributed by atoms with van der Waals surface area (Å²) >= 11 is 6.04. The summed E-state index contributed by atoms with van der Waals surface area (Å²) in [5.41, 5.74) is 1.30. The van der Waals surface area contributed by atoms with E-state index in [9.17, 15) is 26.0 Å². The van der Waals surface area contributed by atoms with Gasteiger partial charge < -0.3 is 5.32 Å². The predicted octanol–water partition coefficient (Wildman–Crippen LogP) is 3.99. The molecular formula is C22H21ClFN3O5S2. The first kappa shape index (κ1) is 25.5. The van der Waals surface area contributed by atoms with Crippen molar-refractivity contribution in [2.24, 2.45) is 0 Å². The minimum Gasteiger partial charge on any atom is -0.325 e. The Balaban J connectivity index is 1.72. The molecule has 0 saturated heterocycles. The lowest BCUT2D eigenvalue weighted by Gasteiger charge is -2.21. The third-order valence-electron chi connectivity index (χ3n) is 4.76. The maximum Gasteiger partial charge on any atom is 0.261 e. The molecule has 0 bridgehead atoms. The standard InChI is InChI=1S/C22H21ClFN3O5S2/c1-15-20(23)4-3-5-21(15)26-34(31,32)19-12-8-17(9-13-19)25-22(28)14-27(33(2,29)30)18-10-6-16(24)7-11-18/h3-13,26H,14H2,1-2H3,(H,25,28). The highest BCUT2D eigenvalue weighted by Crippen LogP contribution is 2.26. The van der Waals surface area contributed by atoms with Crippen LogP contribution in [0.1, 0.15) is 5.56 Å². The van der Waals surface area contributed by atoms with Gasteiger partial charge in [0.25, 0.3) is 10.0 Å². The van der Waals surface area contributed by atoms with Gasteiger partial charge in [-0.2, -0.15) is 0 Å². The first-order valence-electron chi connectivity index (χ1n) is 9.78. The van der Waals surface area contributed by atoms with E-state index in [1.54, 1.807) is 25.1 Å². The van der Waals surface area contributed by atoms with Crippen LogP contribution >= 0.6 is 11.6 Å². The second-order valence-corrected chi connectivity index (χ2v) is 11.3. The van der Waals surface area contributed by atoms with Gasteiger partial charge >= 0.3 is 0 Å². The topological polar surface area (TPSA) is 113 Å². The van der Waals surface area contributed by atoms with Gasteiger partial charge in [-0.1, -0.05) is 17.7 Å². The molecule has 0 atom stereocenters. The molecule has 0 radical (unpaired) electrons. The average molecular weight is 526 g/mol. The molecule has 0 fully saturated rings. The van der Waals surface area contributed by atoms with E-state index in [0.717, 1.165) is 22.7 Å². The van der Waals surface area contributed by atoms with Crippen molar-refractivity contribution in [2.75, 3.05) is 27.1 Å².